The van der Waals surface area contributed by atoms with Crippen LogP contribution < -0.4 is 21.8 Å². The molecule has 136 valence electrons. The zero-order chi connectivity index (χ0) is 19.0. The van der Waals surface area contributed by atoms with E-state index in [0.29, 0.717) is 22.5 Å². The lowest BCUT2D eigenvalue weighted by Crippen LogP contribution is -2.39. The Morgan fingerprint density at radius 3 is 2.74 bits per heavy atom. The van der Waals surface area contributed by atoms with Crippen LogP contribution in [0.2, 0.25) is 0 Å². The van der Waals surface area contributed by atoms with E-state index < -0.39 is 23.6 Å². The lowest BCUT2D eigenvalue weighted by Gasteiger charge is -2.20. The van der Waals surface area contributed by atoms with Crippen molar-refractivity contribution >= 4 is 40.0 Å². The Hall–Kier alpha value is -3.88. The largest absolute Gasteiger partial charge is 0.417 e. The van der Waals surface area contributed by atoms with Crippen molar-refractivity contribution in [3.63, 3.8) is 0 Å². The van der Waals surface area contributed by atoms with Crippen molar-refractivity contribution in [1.82, 2.24) is 4.98 Å². The summed E-state index contributed by atoms with van der Waals surface area (Å²) in [6, 6.07) is 13.0. The molecule has 1 aromatic heterocycles. The zero-order valence-corrected chi connectivity index (χ0v) is 14.0. The Morgan fingerprint density at radius 2 is 2.00 bits per heavy atom. The van der Waals surface area contributed by atoms with Gasteiger partial charge in [-0.2, -0.15) is 5.10 Å². The van der Waals surface area contributed by atoms with Crippen LogP contribution in [0.25, 0.3) is 11.1 Å². The number of nitrogens with zero attached hydrogens (tertiary/aromatic N) is 2. The van der Waals surface area contributed by atoms with Crippen molar-refractivity contribution in [2.24, 2.45) is 10.8 Å². The number of hydrazone groups is 1. The van der Waals surface area contributed by atoms with Crippen LogP contribution in [0.1, 0.15) is 6.42 Å². The average molecular weight is 365 g/mol. The third-order valence-electron chi connectivity index (χ3n) is 4.20. The van der Waals surface area contributed by atoms with Crippen LogP contribution in [0.5, 0.6) is 0 Å². The monoisotopic (exact) mass is 365 g/mol. The van der Waals surface area contributed by atoms with Gasteiger partial charge in [0.25, 0.3) is 5.91 Å². The second-order valence-electron chi connectivity index (χ2n) is 6.03. The van der Waals surface area contributed by atoms with Crippen molar-refractivity contribution in [3.8, 4) is 0 Å². The quantitative estimate of drug-likeness (QED) is 0.638. The molecular weight excluding hydrogens is 350 g/mol. The van der Waals surface area contributed by atoms with Gasteiger partial charge in [-0.15, -0.1) is 0 Å². The predicted molar refractivity (Wildman–Crippen MR) is 99.4 cm³/mol. The van der Waals surface area contributed by atoms with Crippen LogP contribution in [0, 0.1) is 0 Å². The molecule has 9 nitrogen and oxygen atoms in total. The Labute approximate surface area is 152 Å². The molecule has 0 radical (unpaired) electrons. The molecule has 0 spiro atoms. The summed E-state index contributed by atoms with van der Waals surface area (Å²) in [7, 11) is 0. The summed E-state index contributed by atoms with van der Waals surface area (Å²) in [4.78, 5) is 38.1. The van der Waals surface area contributed by atoms with Gasteiger partial charge in [0.15, 0.2) is 5.58 Å². The van der Waals surface area contributed by atoms with Gasteiger partial charge in [0, 0.05) is 12.1 Å². The van der Waals surface area contributed by atoms with E-state index in [1.54, 1.807) is 30.3 Å². The van der Waals surface area contributed by atoms with Gasteiger partial charge in [0.1, 0.15) is 11.8 Å². The van der Waals surface area contributed by atoms with Crippen LogP contribution in [0.3, 0.4) is 0 Å². The first kappa shape index (κ1) is 16.6. The highest BCUT2D eigenvalue weighted by atomic mass is 16.4. The number of para-hydroxylation sites is 1. The molecule has 1 aliphatic heterocycles. The number of fused-ring (bicyclic) bond motifs is 1. The number of benzene rings is 2. The minimum atomic E-state index is -0.735. The molecular formula is C18H15N5O4. The summed E-state index contributed by atoms with van der Waals surface area (Å²) in [5.41, 5.74) is 7.64. The summed E-state index contributed by atoms with van der Waals surface area (Å²) in [5, 5.41) is 8.44. The van der Waals surface area contributed by atoms with E-state index in [-0.39, 0.29) is 12.1 Å². The summed E-state index contributed by atoms with van der Waals surface area (Å²) in [5.74, 6) is -1.59. The molecule has 0 aliphatic carbocycles. The third kappa shape index (κ3) is 3.17. The van der Waals surface area contributed by atoms with E-state index in [9.17, 15) is 14.4 Å². The second kappa shape index (κ2) is 6.45. The lowest BCUT2D eigenvalue weighted by atomic mass is 10.1. The fourth-order valence-electron chi connectivity index (χ4n) is 2.92. The Bertz CT molecular complexity index is 1120. The maximum atomic E-state index is 12.6. The van der Waals surface area contributed by atoms with Crippen molar-refractivity contribution in [3.05, 3.63) is 59.1 Å². The standard InChI is InChI=1S/C18H15N5O4/c19-16(24)14-9-13(22-23(14)11-4-2-1-3-5-11)17(25)20-10-6-7-15-12(8-10)21-18(26)27-15/h1-8,14H,9H2,(H2,19,24)(H,20,25)(H,21,26). The number of carbonyl (C=O) groups is 2. The minimum Gasteiger partial charge on any atom is -0.408 e. The average Bonchev–Trinajstić information content (AvgIpc) is 3.25. The first-order valence-electron chi connectivity index (χ1n) is 8.16. The van der Waals surface area contributed by atoms with E-state index in [2.05, 4.69) is 15.4 Å². The fraction of sp³-hybridized carbons (Fsp3) is 0.111. The number of H-pyrrole nitrogens is 1. The van der Waals surface area contributed by atoms with Gasteiger partial charge in [0.05, 0.1) is 11.2 Å². The maximum Gasteiger partial charge on any atom is 0.417 e. The molecule has 4 N–H and O–H groups in total. The number of anilines is 2. The number of carbonyl (C=O) groups excluding carboxylic acids is 2. The molecule has 1 unspecified atom stereocenters. The number of hydrogen-bond donors (Lipinski definition) is 3. The molecule has 3 aromatic rings. The van der Waals surface area contributed by atoms with Crippen LogP contribution >= 0.6 is 0 Å². The number of hydrogen-bond acceptors (Lipinski definition) is 6. The normalized spacial score (nSPS) is 16.4. The van der Waals surface area contributed by atoms with Crippen LogP contribution in [-0.4, -0.2) is 28.6 Å². The number of amides is 2. The minimum absolute atomic E-state index is 0.0981. The van der Waals surface area contributed by atoms with Gasteiger partial charge in [0.2, 0.25) is 5.91 Å². The van der Waals surface area contributed by atoms with Crippen molar-refractivity contribution in [1.29, 1.82) is 0 Å². The molecule has 0 saturated carbocycles. The highest BCUT2D eigenvalue weighted by Gasteiger charge is 2.34. The molecule has 0 fully saturated rings. The van der Waals surface area contributed by atoms with E-state index in [1.165, 1.54) is 5.01 Å². The molecule has 27 heavy (non-hydrogen) atoms. The number of rotatable bonds is 4. The Kier molecular flexibility index (Phi) is 3.96. The number of oxazole rings is 1. The van der Waals surface area contributed by atoms with Crippen LogP contribution in [0.4, 0.5) is 11.4 Å². The molecule has 0 saturated heterocycles. The molecule has 1 aliphatic rings. The Balaban J connectivity index is 1.58. The van der Waals surface area contributed by atoms with Crippen LogP contribution in [0.15, 0.2) is 62.8 Å². The number of aromatic nitrogens is 1. The fourth-order valence-corrected chi connectivity index (χ4v) is 2.92. The predicted octanol–water partition coefficient (Wildman–Crippen LogP) is 1.18. The first-order chi connectivity index (χ1) is 13.0. The van der Waals surface area contributed by atoms with Gasteiger partial charge in [-0.3, -0.25) is 19.6 Å². The highest BCUT2D eigenvalue weighted by molar-refractivity contribution is 6.44. The summed E-state index contributed by atoms with van der Waals surface area (Å²) in [6.07, 6.45) is 0.0981. The van der Waals surface area contributed by atoms with Gasteiger partial charge < -0.3 is 15.5 Å². The van der Waals surface area contributed by atoms with Crippen molar-refractivity contribution in [2.75, 3.05) is 10.3 Å². The molecule has 4 rings (SSSR count). The summed E-state index contributed by atoms with van der Waals surface area (Å²) >= 11 is 0. The third-order valence-corrected chi connectivity index (χ3v) is 4.20. The number of nitrogens with one attached hydrogen (secondary N) is 2. The number of nitrogens with two attached hydrogens (primary N) is 1. The van der Waals surface area contributed by atoms with Crippen molar-refractivity contribution < 1.29 is 14.0 Å². The molecule has 2 amide bonds. The summed E-state index contributed by atoms with van der Waals surface area (Å²) in [6.45, 7) is 0. The van der Waals surface area contributed by atoms with E-state index in [0.717, 1.165) is 0 Å². The topological polar surface area (TPSA) is 134 Å². The highest BCUT2D eigenvalue weighted by Crippen LogP contribution is 2.25. The van der Waals surface area contributed by atoms with E-state index in [4.69, 9.17) is 10.2 Å². The SMILES string of the molecule is NC(=O)C1CC(C(=O)Nc2ccc3oc(=O)[nH]c3c2)=NN1c1ccccc1. The van der Waals surface area contributed by atoms with Gasteiger partial charge in [-0.25, -0.2) is 4.79 Å². The smallest absolute Gasteiger partial charge is 0.408 e. The first-order valence-corrected chi connectivity index (χ1v) is 8.16. The molecule has 9 heteroatoms. The zero-order valence-electron chi connectivity index (χ0n) is 14.0. The van der Waals surface area contributed by atoms with E-state index >= 15 is 0 Å². The number of primary amides is 1. The maximum absolute atomic E-state index is 12.6. The van der Waals surface area contributed by atoms with Crippen LogP contribution in [-0.2, 0) is 9.59 Å². The lowest BCUT2D eigenvalue weighted by molar-refractivity contribution is -0.119. The summed E-state index contributed by atoms with van der Waals surface area (Å²) < 4.78 is 4.93. The Morgan fingerprint density at radius 1 is 1.22 bits per heavy atom. The molecule has 0 bridgehead atoms. The number of aromatic amines is 1. The molecule has 1 atom stereocenters. The molecule has 2 aromatic carbocycles. The van der Waals surface area contributed by atoms with Gasteiger partial charge in [-0.1, -0.05) is 18.2 Å². The second-order valence-corrected chi connectivity index (χ2v) is 6.03. The van der Waals surface area contributed by atoms with Gasteiger partial charge >= 0.3 is 5.76 Å². The molecule has 2 heterocycles. The van der Waals surface area contributed by atoms with E-state index in [1.807, 2.05) is 18.2 Å². The van der Waals surface area contributed by atoms with Crippen molar-refractivity contribution in [2.45, 2.75) is 12.5 Å². The van der Waals surface area contributed by atoms with Gasteiger partial charge in [-0.05, 0) is 30.3 Å².